The van der Waals surface area contributed by atoms with Crippen LogP contribution in [0.3, 0.4) is 0 Å². The summed E-state index contributed by atoms with van der Waals surface area (Å²) in [5.41, 5.74) is 6.05. The fourth-order valence-electron chi connectivity index (χ4n) is 1.64. The first kappa shape index (κ1) is 15.5. The second-order valence-corrected chi connectivity index (χ2v) is 5.27. The van der Waals surface area contributed by atoms with Gasteiger partial charge in [0, 0.05) is 18.5 Å². The molecule has 1 aromatic rings. The zero-order chi connectivity index (χ0) is 14.3. The number of benzene rings is 1. The largest absolute Gasteiger partial charge is 0.493 e. The Kier molecular flexibility index (Phi) is 6.36. The van der Waals surface area contributed by atoms with Crippen LogP contribution in [0, 0.1) is 5.92 Å². The van der Waals surface area contributed by atoms with Gasteiger partial charge in [-0.05, 0) is 17.7 Å². The minimum absolute atomic E-state index is 0.273. The van der Waals surface area contributed by atoms with Crippen molar-refractivity contribution in [2.24, 2.45) is 11.7 Å². The highest BCUT2D eigenvalue weighted by atomic mass is 16.5. The molecule has 4 nitrogen and oxygen atoms in total. The molecule has 0 radical (unpaired) electrons. The minimum Gasteiger partial charge on any atom is -0.493 e. The topological polar surface area (TPSA) is 64.3 Å². The number of primary amides is 1. The molecule has 19 heavy (non-hydrogen) atoms. The number of hydrogen-bond acceptors (Lipinski definition) is 3. The number of nitrogens with two attached hydrogens (primary N) is 1. The van der Waals surface area contributed by atoms with Gasteiger partial charge >= 0.3 is 0 Å². The summed E-state index contributed by atoms with van der Waals surface area (Å²) in [6, 6.07) is 7.99. The molecule has 1 aromatic carbocycles. The molecular formula is C15H24N2O2. The summed E-state index contributed by atoms with van der Waals surface area (Å²) in [5.74, 6) is 0.958. The minimum atomic E-state index is -0.318. The van der Waals surface area contributed by atoms with Crippen LogP contribution < -0.4 is 15.8 Å². The first-order chi connectivity index (χ1) is 8.97. The Morgan fingerprint density at radius 1 is 1.26 bits per heavy atom. The number of carbonyl (C=O) groups is 1. The number of rotatable bonds is 8. The van der Waals surface area contributed by atoms with Crippen LogP contribution in [-0.4, -0.2) is 25.1 Å². The van der Waals surface area contributed by atoms with Gasteiger partial charge in [-0.15, -0.1) is 0 Å². The molecule has 3 N–H and O–H groups in total. The normalized spacial score (nSPS) is 12.4. The van der Waals surface area contributed by atoms with E-state index in [0.29, 0.717) is 18.6 Å². The summed E-state index contributed by atoms with van der Waals surface area (Å²) in [7, 11) is 0. The SMILES string of the molecule is CC(C)NC[C@@H](C)COc1ccc(CC(N)=O)cc1. The van der Waals surface area contributed by atoms with Crippen LogP contribution >= 0.6 is 0 Å². The summed E-state index contributed by atoms with van der Waals surface area (Å²) in [6.45, 7) is 8.03. The van der Waals surface area contributed by atoms with Crippen molar-refractivity contribution in [1.29, 1.82) is 0 Å². The molecule has 0 aliphatic carbocycles. The molecular weight excluding hydrogens is 240 g/mol. The predicted molar refractivity (Wildman–Crippen MR) is 77.1 cm³/mol. The molecule has 0 bridgehead atoms. The maximum atomic E-state index is 10.8. The first-order valence-corrected chi connectivity index (χ1v) is 6.70. The quantitative estimate of drug-likeness (QED) is 0.751. The second-order valence-electron chi connectivity index (χ2n) is 5.27. The molecule has 0 spiro atoms. The van der Waals surface area contributed by atoms with E-state index in [4.69, 9.17) is 10.5 Å². The number of amides is 1. The number of hydrogen-bond donors (Lipinski definition) is 2. The van der Waals surface area contributed by atoms with E-state index in [1.54, 1.807) is 0 Å². The highest BCUT2D eigenvalue weighted by Crippen LogP contribution is 2.13. The maximum Gasteiger partial charge on any atom is 0.221 e. The molecule has 1 atom stereocenters. The van der Waals surface area contributed by atoms with Gasteiger partial charge in [-0.3, -0.25) is 4.79 Å². The first-order valence-electron chi connectivity index (χ1n) is 6.70. The van der Waals surface area contributed by atoms with Crippen molar-refractivity contribution < 1.29 is 9.53 Å². The standard InChI is InChI=1S/C15H24N2O2/c1-11(2)17-9-12(3)10-19-14-6-4-13(5-7-14)8-15(16)18/h4-7,11-12,17H,8-10H2,1-3H3,(H2,16,18)/t12-/m1/s1. The maximum absolute atomic E-state index is 10.8. The van der Waals surface area contributed by atoms with Crippen LogP contribution in [-0.2, 0) is 11.2 Å². The molecule has 0 saturated carbocycles. The Balaban J connectivity index is 2.35. The molecule has 0 aliphatic rings. The van der Waals surface area contributed by atoms with Crippen molar-refractivity contribution in [3.63, 3.8) is 0 Å². The van der Waals surface area contributed by atoms with E-state index in [-0.39, 0.29) is 12.3 Å². The molecule has 0 fully saturated rings. The third kappa shape index (κ3) is 6.82. The summed E-state index contributed by atoms with van der Waals surface area (Å²) in [6.07, 6.45) is 0.273. The Morgan fingerprint density at radius 2 is 1.89 bits per heavy atom. The highest BCUT2D eigenvalue weighted by molar-refractivity contribution is 5.76. The van der Waals surface area contributed by atoms with E-state index in [2.05, 4.69) is 26.1 Å². The molecule has 4 heteroatoms. The lowest BCUT2D eigenvalue weighted by atomic mass is 10.1. The van der Waals surface area contributed by atoms with Gasteiger partial charge in [-0.1, -0.05) is 32.9 Å². The summed E-state index contributed by atoms with van der Waals surface area (Å²) < 4.78 is 5.70. The number of nitrogens with one attached hydrogen (secondary N) is 1. The average molecular weight is 264 g/mol. The fraction of sp³-hybridized carbons (Fsp3) is 0.533. The molecule has 106 valence electrons. The van der Waals surface area contributed by atoms with Crippen molar-refractivity contribution in [3.05, 3.63) is 29.8 Å². The average Bonchev–Trinajstić information content (AvgIpc) is 2.35. The Morgan fingerprint density at radius 3 is 2.42 bits per heavy atom. The van der Waals surface area contributed by atoms with Crippen LogP contribution in [0.1, 0.15) is 26.3 Å². The second kappa shape index (κ2) is 7.79. The van der Waals surface area contributed by atoms with Gasteiger partial charge < -0.3 is 15.8 Å². The lowest BCUT2D eigenvalue weighted by Crippen LogP contribution is -2.30. The van der Waals surface area contributed by atoms with E-state index >= 15 is 0 Å². The van der Waals surface area contributed by atoms with Gasteiger partial charge in [0.25, 0.3) is 0 Å². The van der Waals surface area contributed by atoms with E-state index in [0.717, 1.165) is 17.9 Å². The van der Waals surface area contributed by atoms with Gasteiger partial charge in [0.05, 0.1) is 13.0 Å². The predicted octanol–water partition coefficient (Wildman–Crippen LogP) is 1.73. The number of carbonyl (C=O) groups excluding carboxylic acids is 1. The molecule has 0 aliphatic heterocycles. The highest BCUT2D eigenvalue weighted by Gasteiger charge is 2.04. The smallest absolute Gasteiger partial charge is 0.221 e. The Bertz CT molecular complexity index is 388. The van der Waals surface area contributed by atoms with E-state index < -0.39 is 0 Å². The van der Waals surface area contributed by atoms with Gasteiger partial charge in [0.2, 0.25) is 5.91 Å². The van der Waals surface area contributed by atoms with Crippen LogP contribution in [0.2, 0.25) is 0 Å². The number of ether oxygens (including phenoxy) is 1. The van der Waals surface area contributed by atoms with Crippen molar-refractivity contribution in [3.8, 4) is 5.75 Å². The molecule has 0 aromatic heterocycles. The van der Waals surface area contributed by atoms with E-state index in [9.17, 15) is 4.79 Å². The Hall–Kier alpha value is -1.55. The van der Waals surface area contributed by atoms with Gasteiger partial charge in [-0.25, -0.2) is 0 Å². The van der Waals surface area contributed by atoms with Crippen LogP contribution in [0.25, 0.3) is 0 Å². The van der Waals surface area contributed by atoms with Gasteiger partial charge in [0.1, 0.15) is 5.75 Å². The van der Waals surface area contributed by atoms with Crippen LogP contribution in [0.5, 0.6) is 5.75 Å². The Labute approximate surface area is 115 Å². The molecule has 0 saturated heterocycles. The fourth-order valence-corrected chi connectivity index (χ4v) is 1.64. The van der Waals surface area contributed by atoms with Crippen molar-refractivity contribution in [2.45, 2.75) is 33.2 Å². The van der Waals surface area contributed by atoms with Crippen molar-refractivity contribution in [1.82, 2.24) is 5.32 Å². The summed E-state index contributed by atoms with van der Waals surface area (Å²) in [4.78, 5) is 10.8. The van der Waals surface area contributed by atoms with E-state index in [1.807, 2.05) is 24.3 Å². The third-order valence-electron chi connectivity index (χ3n) is 2.71. The van der Waals surface area contributed by atoms with Crippen molar-refractivity contribution in [2.75, 3.05) is 13.2 Å². The van der Waals surface area contributed by atoms with Gasteiger partial charge in [0.15, 0.2) is 0 Å². The lowest BCUT2D eigenvalue weighted by molar-refractivity contribution is -0.117. The monoisotopic (exact) mass is 264 g/mol. The molecule has 0 heterocycles. The molecule has 0 unspecified atom stereocenters. The zero-order valence-electron chi connectivity index (χ0n) is 12.0. The van der Waals surface area contributed by atoms with Crippen LogP contribution in [0.4, 0.5) is 0 Å². The van der Waals surface area contributed by atoms with Crippen molar-refractivity contribution >= 4 is 5.91 Å². The zero-order valence-corrected chi connectivity index (χ0v) is 12.0. The third-order valence-corrected chi connectivity index (χ3v) is 2.71. The lowest BCUT2D eigenvalue weighted by Gasteiger charge is -2.15. The molecule has 1 rings (SSSR count). The molecule has 1 amide bonds. The summed E-state index contributed by atoms with van der Waals surface area (Å²) in [5, 5.41) is 3.38. The summed E-state index contributed by atoms with van der Waals surface area (Å²) >= 11 is 0. The van der Waals surface area contributed by atoms with Gasteiger partial charge in [-0.2, -0.15) is 0 Å². The van der Waals surface area contributed by atoms with Crippen LogP contribution in [0.15, 0.2) is 24.3 Å². The van der Waals surface area contributed by atoms with E-state index in [1.165, 1.54) is 0 Å².